The highest BCUT2D eigenvalue weighted by Gasteiger charge is 2.10. The first kappa shape index (κ1) is 9.99. The van der Waals surface area contributed by atoms with Gasteiger partial charge in [-0.05, 0) is 29.4 Å². The van der Waals surface area contributed by atoms with Gasteiger partial charge < -0.3 is 5.32 Å². The van der Waals surface area contributed by atoms with Crippen LogP contribution in [-0.2, 0) is 4.79 Å². The van der Waals surface area contributed by atoms with Crippen molar-refractivity contribution in [2.24, 2.45) is 0 Å². The molecule has 0 aromatic rings. The average molecular weight is 240 g/mol. The van der Waals surface area contributed by atoms with E-state index >= 15 is 0 Å². The van der Waals surface area contributed by atoms with Gasteiger partial charge in [0.2, 0.25) is 0 Å². The van der Waals surface area contributed by atoms with Gasteiger partial charge in [-0.3, -0.25) is 4.79 Å². The summed E-state index contributed by atoms with van der Waals surface area (Å²) in [6.45, 7) is 0. The van der Waals surface area contributed by atoms with Crippen molar-refractivity contribution >= 4 is 22.8 Å². The van der Waals surface area contributed by atoms with Gasteiger partial charge in [0, 0.05) is 18.8 Å². The summed E-state index contributed by atoms with van der Waals surface area (Å²) in [7, 11) is 0. The molecule has 2 rings (SSSR count). The van der Waals surface area contributed by atoms with Crippen LogP contribution < -0.4 is 5.32 Å². The standard InChI is InChI=1S/C10H9NO.BrH/c12-10-2-1-8-3-5-11-6-4-9(8)7-10;/h1-6,11H,7H2;1H. The number of halogens is 1. The third-order valence-electron chi connectivity index (χ3n) is 1.92. The van der Waals surface area contributed by atoms with E-state index in [0.717, 1.165) is 11.1 Å². The second-order valence-corrected chi connectivity index (χ2v) is 2.79. The van der Waals surface area contributed by atoms with Crippen molar-refractivity contribution in [3.8, 4) is 0 Å². The Morgan fingerprint density at radius 2 is 1.85 bits per heavy atom. The predicted molar refractivity (Wildman–Crippen MR) is 57.5 cm³/mol. The van der Waals surface area contributed by atoms with E-state index in [-0.39, 0.29) is 22.8 Å². The number of hydrogen-bond acceptors (Lipinski definition) is 2. The highest BCUT2D eigenvalue weighted by molar-refractivity contribution is 8.93. The molecular formula is C10H10BrNO. The molecule has 0 atom stereocenters. The van der Waals surface area contributed by atoms with E-state index in [1.807, 2.05) is 30.6 Å². The lowest BCUT2D eigenvalue weighted by Crippen LogP contribution is -2.00. The van der Waals surface area contributed by atoms with Crippen LogP contribution in [0.3, 0.4) is 0 Å². The number of carbonyl (C=O) groups is 1. The van der Waals surface area contributed by atoms with Crippen molar-refractivity contribution in [3.05, 3.63) is 47.9 Å². The van der Waals surface area contributed by atoms with Crippen molar-refractivity contribution in [1.82, 2.24) is 5.32 Å². The Kier molecular flexibility index (Phi) is 3.25. The van der Waals surface area contributed by atoms with Gasteiger partial charge in [-0.15, -0.1) is 17.0 Å². The maximum atomic E-state index is 11.0. The largest absolute Gasteiger partial charge is 0.368 e. The van der Waals surface area contributed by atoms with Crippen LogP contribution in [0, 0.1) is 0 Å². The maximum absolute atomic E-state index is 11.0. The van der Waals surface area contributed by atoms with Crippen molar-refractivity contribution in [1.29, 1.82) is 0 Å². The van der Waals surface area contributed by atoms with Crippen LogP contribution in [0.2, 0.25) is 0 Å². The molecule has 0 unspecified atom stereocenters. The van der Waals surface area contributed by atoms with Crippen molar-refractivity contribution in [2.45, 2.75) is 6.42 Å². The van der Waals surface area contributed by atoms with Crippen molar-refractivity contribution in [3.63, 3.8) is 0 Å². The number of hydrogen-bond donors (Lipinski definition) is 1. The Morgan fingerprint density at radius 1 is 1.08 bits per heavy atom. The van der Waals surface area contributed by atoms with E-state index in [0.29, 0.717) is 6.42 Å². The molecule has 0 saturated carbocycles. The lowest BCUT2D eigenvalue weighted by molar-refractivity contribution is -0.114. The van der Waals surface area contributed by atoms with Crippen LogP contribution in [0.5, 0.6) is 0 Å². The summed E-state index contributed by atoms with van der Waals surface area (Å²) in [5.74, 6) is 0.175. The molecule has 1 N–H and O–H groups in total. The summed E-state index contributed by atoms with van der Waals surface area (Å²) in [4.78, 5) is 11.0. The van der Waals surface area contributed by atoms with Crippen LogP contribution in [0.1, 0.15) is 6.42 Å². The molecule has 2 nitrogen and oxygen atoms in total. The molecular weight excluding hydrogens is 230 g/mol. The van der Waals surface area contributed by atoms with Crippen LogP contribution in [-0.4, -0.2) is 5.78 Å². The van der Waals surface area contributed by atoms with Gasteiger partial charge in [-0.25, -0.2) is 0 Å². The SMILES string of the molecule is Br.O=C1C=CC2=C(C=CNC=C2)C1. The second kappa shape index (κ2) is 4.23. The quantitative estimate of drug-likeness (QED) is 0.701. The first-order chi connectivity index (χ1) is 5.86. The Labute approximate surface area is 87.5 Å². The molecule has 3 heteroatoms. The summed E-state index contributed by atoms with van der Waals surface area (Å²) >= 11 is 0. The topological polar surface area (TPSA) is 29.1 Å². The van der Waals surface area contributed by atoms with Crippen LogP contribution in [0.4, 0.5) is 0 Å². The van der Waals surface area contributed by atoms with E-state index in [4.69, 9.17) is 0 Å². The maximum Gasteiger partial charge on any atom is 0.160 e. The Morgan fingerprint density at radius 3 is 2.69 bits per heavy atom. The third-order valence-corrected chi connectivity index (χ3v) is 1.92. The fraction of sp³-hybridized carbons (Fsp3) is 0.100. The lowest BCUT2D eigenvalue weighted by atomic mass is 9.97. The first-order valence-electron chi connectivity index (χ1n) is 3.89. The Balaban J connectivity index is 0.000000845. The summed E-state index contributed by atoms with van der Waals surface area (Å²) in [6, 6.07) is 0. The molecule has 0 aromatic heterocycles. The first-order valence-corrected chi connectivity index (χ1v) is 3.89. The monoisotopic (exact) mass is 239 g/mol. The smallest absolute Gasteiger partial charge is 0.160 e. The fourth-order valence-corrected chi connectivity index (χ4v) is 1.30. The number of nitrogens with one attached hydrogen (secondary N) is 1. The zero-order valence-electron chi connectivity index (χ0n) is 6.99. The molecule has 13 heavy (non-hydrogen) atoms. The predicted octanol–water partition coefficient (Wildman–Crippen LogP) is 2.02. The molecule has 0 aromatic carbocycles. The zero-order chi connectivity index (χ0) is 8.39. The minimum absolute atomic E-state index is 0. The number of ketones is 1. The Bertz CT molecular complexity index is 337. The minimum Gasteiger partial charge on any atom is -0.368 e. The van der Waals surface area contributed by atoms with E-state index in [1.54, 1.807) is 6.08 Å². The van der Waals surface area contributed by atoms with Crippen molar-refractivity contribution < 1.29 is 4.79 Å². The molecule has 0 fully saturated rings. The van der Waals surface area contributed by atoms with Gasteiger partial charge in [0.05, 0.1) is 0 Å². The molecule has 68 valence electrons. The van der Waals surface area contributed by atoms with E-state index < -0.39 is 0 Å². The molecule has 0 radical (unpaired) electrons. The van der Waals surface area contributed by atoms with Crippen molar-refractivity contribution in [2.75, 3.05) is 0 Å². The fourth-order valence-electron chi connectivity index (χ4n) is 1.30. The minimum atomic E-state index is 0. The summed E-state index contributed by atoms with van der Waals surface area (Å²) in [6.07, 6.45) is 11.6. The average Bonchev–Trinajstić information content (AvgIpc) is 2.28. The van der Waals surface area contributed by atoms with Crippen LogP contribution in [0.25, 0.3) is 0 Å². The molecule has 1 heterocycles. The lowest BCUT2D eigenvalue weighted by Gasteiger charge is -2.06. The normalized spacial score (nSPS) is 18.9. The van der Waals surface area contributed by atoms with Gasteiger partial charge in [-0.2, -0.15) is 0 Å². The van der Waals surface area contributed by atoms with Crippen LogP contribution in [0.15, 0.2) is 47.9 Å². The zero-order valence-corrected chi connectivity index (χ0v) is 8.70. The number of rotatable bonds is 0. The van der Waals surface area contributed by atoms with Crippen LogP contribution >= 0.6 is 17.0 Å². The molecule has 1 aliphatic heterocycles. The van der Waals surface area contributed by atoms with Gasteiger partial charge in [0.15, 0.2) is 5.78 Å². The summed E-state index contributed by atoms with van der Waals surface area (Å²) in [5, 5.41) is 2.97. The molecule has 0 spiro atoms. The van der Waals surface area contributed by atoms with Gasteiger partial charge in [0.1, 0.15) is 0 Å². The molecule has 0 saturated heterocycles. The van der Waals surface area contributed by atoms with E-state index in [1.165, 1.54) is 0 Å². The molecule has 2 aliphatic rings. The Hall–Kier alpha value is -1.09. The highest BCUT2D eigenvalue weighted by Crippen LogP contribution is 2.19. The third kappa shape index (κ3) is 2.18. The number of carbonyl (C=O) groups excluding carboxylic acids is 1. The molecule has 0 amide bonds. The summed E-state index contributed by atoms with van der Waals surface area (Å²) < 4.78 is 0. The second-order valence-electron chi connectivity index (χ2n) is 2.79. The van der Waals surface area contributed by atoms with Gasteiger partial charge in [0.25, 0.3) is 0 Å². The summed E-state index contributed by atoms with van der Waals surface area (Å²) in [5.41, 5.74) is 2.21. The highest BCUT2D eigenvalue weighted by atomic mass is 79.9. The van der Waals surface area contributed by atoms with Gasteiger partial charge in [-0.1, -0.05) is 6.08 Å². The molecule has 1 aliphatic carbocycles. The van der Waals surface area contributed by atoms with E-state index in [2.05, 4.69) is 5.32 Å². The van der Waals surface area contributed by atoms with Gasteiger partial charge >= 0.3 is 0 Å². The van der Waals surface area contributed by atoms with E-state index in [9.17, 15) is 4.79 Å². The number of allylic oxidation sites excluding steroid dienone is 6. The molecule has 0 bridgehead atoms.